The van der Waals surface area contributed by atoms with Gasteiger partial charge in [0.2, 0.25) is 5.12 Å². The number of ether oxygens (including phenoxy) is 1. The van der Waals surface area contributed by atoms with E-state index < -0.39 is 17.9 Å². The lowest BCUT2D eigenvalue weighted by atomic mass is 10.2. The van der Waals surface area contributed by atoms with Gasteiger partial charge < -0.3 is 19.4 Å². The molecule has 0 radical (unpaired) electrons. The largest absolute Gasteiger partial charge is 0.445 e. The smallest absolute Gasteiger partial charge is 0.410 e. The van der Waals surface area contributed by atoms with Crippen LogP contribution in [0.2, 0.25) is 0 Å². The third kappa shape index (κ3) is 6.25. The molecule has 0 N–H and O–H groups in total. The van der Waals surface area contributed by atoms with Gasteiger partial charge in [0.25, 0.3) is 0 Å². The number of carbonyl (C=O) groups is 4. The fraction of sp³-hybridized carbons (Fsp3) is 0.417. The van der Waals surface area contributed by atoms with Crippen molar-refractivity contribution in [1.29, 1.82) is 0 Å². The molecule has 9 heteroatoms. The molecule has 3 rings (SSSR count). The Hall–Kier alpha value is -3.07. The zero-order valence-corrected chi connectivity index (χ0v) is 19.5. The van der Waals surface area contributed by atoms with Gasteiger partial charge >= 0.3 is 17.9 Å². The van der Waals surface area contributed by atoms with Gasteiger partial charge in [-0.2, -0.15) is 0 Å². The number of hydrogen-bond acceptors (Lipinski definition) is 6. The highest BCUT2D eigenvalue weighted by Crippen LogP contribution is 2.31. The van der Waals surface area contributed by atoms with Crippen molar-refractivity contribution in [3.63, 3.8) is 0 Å². The van der Waals surface area contributed by atoms with E-state index >= 15 is 0 Å². The van der Waals surface area contributed by atoms with Gasteiger partial charge in [0.05, 0.1) is 6.04 Å². The van der Waals surface area contributed by atoms with Crippen LogP contribution in [-0.2, 0) is 14.3 Å². The average molecular weight is 472 g/mol. The summed E-state index contributed by atoms with van der Waals surface area (Å²) in [6.07, 6.45) is 5.27. The topological polar surface area (TPSA) is 87.2 Å². The van der Waals surface area contributed by atoms with E-state index in [1.54, 1.807) is 23.1 Å². The summed E-state index contributed by atoms with van der Waals surface area (Å²) in [5.41, 5.74) is 0.622. The third-order valence-corrected chi connectivity index (χ3v) is 6.74. The number of amides is 3. The van der Waals surface area contributed by atoms with E-state index in [1.165, 1.54) is 27.6 Å². The van der Waals surface area contributed by atoms with E-state index in [9.17, 15) is 19.2 Å². The quantitative estimate of drug-likeness (QED) is 0.428. The molecule has 176 valence electrons. The number of thioether (sulfide) groups is 1. The number of piperazine rings is 1. The summed E-state index contributed by atoms with van der Waals surface area (Å²) in [6.45, 7) is 7.67. The second-order valence-electron chi connectivity index (χ2n) is 7.78. The predicted octanol–water partition coefficient (Wildman–Crippen LogP) is 2.57. The Bertz CT molecular complexity index is 920. The molecule has 2 atom stereocenters. The van der Waals surface area contributed by atoms with Crippen molar-refractivity contribution in [3.8, 4) is 0 Å². The molecule has 0 unspecified atom stereocenters. The summed E-state index contributed by atoms with van der Waals surface area (Å²) in [6, 6.07) is 8.77. The highest BCUT2D eigenvalue weighted by Gasteiger charge is 2.36. The van der Waals surface area contributed by atoms with Crippen LogP contribution in [0.1, 0.15) is 23.7 Å². The minimum atomic E-state index is -0.511. The zero-order valence-electron chi connectivity index (χ0n) is 18.7. The zero-order chi connectivity index (χ0) is 23.8. The first-order chi connectivity index (χ1) is 15.9. The second kappa shape index (κ2) is 11.7. The van der Waals surface area contributed by atoms with Gasteiger partial charge in [0, 0.05) is 43.5 Å². The average Bonchev–Trinajstić information content (AvgIpc) is 3.23. The summed E-state index contributed by atoms with van der Waals surface area (Å²) < 4.78 is 5.22. The molecule has 3 amide bonds. The van der Waals surface area contributed by atoms with E-state index in [0.29, 0.717) is 38.2 Å². The molecule has 0 aliphatic carbocycles. The first kappa shape index (κ1) is 24.6. The first-order valence-corrected chi connectivity index (χ1v) is 11.9. The molecule has 0 spiro atoms. The maximum atomic E-state index is 12.6. The molecule has 0 bridgehead atoms. The lowest BCUT2D eigenvalue weighted by molar-refractivity contribution is -0.155. The minimum Gasteiger partial charge on any atom is -0.445 e. The van der Waals surface area contributed by atoms with Crippen molar-refractivity contribution in [1.82, 2.24) is 14.7 Å². The molecule has 8 nitrogen and oxygen atoms in total. The maximum absolute atomic E-state index is 12.6. The highest BCUT2D eigenvalue weighted by molar-refractivity contribution is 8.14. The Morgan fingerprint density at radius 1 is 1.15 bits per heavy atom. The summed E-state index contributed by atoms with van der Waals surface area (Å²) in [7, 11) is 0. The Kier molecular flexibility index (Phi) is 8.71. The Balaban J connectivity index is 1.63. The monoisotopic (exact) mass is 471 g/mol. The molecular weight excluding hydrogens is 442 g/mol. The van der Waals surface area contributed by atoms with Crippen LogP contribution < -0.4 is 0 Å². The number of nitrogens with zero attached hydrogens (tertiary/aromatic N) is 3. The van der Waals surface area contributed by atoms with Crippen LogP contribution in [-0.4, -0.2) is 88.3 Å². The normalized spacial score (nSPS) is 21.1. The van der Waals surface area contributed by atoms with Crippen LogP contribution in [0.4, 0.5) is 4.79 Å². The van der Waals surface area contributed by atoms with Gasteiger partial charge in [0.15, 0.2) is 0 Å². The summed E-state index contributed by atoms with van der Waals surface area (Å²) in [5, 5.41) is -0.123. The number of benzene rings is 1. The van der Waals surface area contributed by atoms with Crippen molar-refractivity contribution < 1.29 is 23.9 Å². The predicted molar refractivity (Wildman–Crippen MR) is 127 cm³/mol. The SMILES string of the molecule is C=CCOC(=O)N1C[C@@H](SC(=O)c2ccccc2)C[C@H]1/C=C/CN1CCN(CC)C(=O)C1=O. The molecular formula is C24H29N3O5S. The number of likely N-dealkylation sites (tertiary alicyclic amines) is 1. The first-order valence-electron chi connectivity index (χ1n) is 11.0. The minimum absolute atomic E-state index is 0.0393. The standard InChI is InChI=1S/C24H29N3O5S/c1-3-15-32-24(31)27-17-20(33-23(30)18-9-6-5-7-10-18)16-19(27)11-8-12-26-14-13-25(4-2)21(28)22(26)29/h3,5-11,19-20H,1,4,12-17H2,2H3/b11-8+/t19-,20+/m1/s1. The maximum Gasteiger partial charge on any atom is 0.410 e. The highest BCUT2D eigenvalue weighted by atomic mass is 32.2. The van der Waals surface area contributed by atoms with Gasteiger partial charge in [0.1, 0.15) is 6.61 Å². The molecule has 1 aromatic carbocycles. The third-order valence-electron chi connectivity index (χ3n) is 5.61. The molecule has 33 heavy (non-hydrogen) atoms. The Morgan fingerprint density at radius 2 is 1.85 bits per heavy atom. The van der Waals surface area contributed by atoms with Crippen molar-refractivity contribution in [3.05, 3.63) is 60.7 Å². The van der Waals surface area contributed by atoms with Crippen LogP contribution in [0, 0.1) is 0 Å². The van der Waals surface area contributed by atoms with Crippen LogP contribution >= 0.6 is 11.8 Å². The number of hydrogen-bond donors (Lipinski definition) is 0. The van der Waals surface area contributed by atoms with Crippen LogP contribution in [0.25, 0.3) is 0 Å². The van der Waals surface area contributed by atoms with Crippen molar-refractivity contribution in [2.24, 2.45) is 0 Å². The molecule has 2 heterocycles. The van der Waals surface area contributed by atoms with Crippen LogP contribution in [0.3, 0.4) is 0 Å². The van der Waals surface area contributed by atoms with Crippen molar-refractivity contribution in [2.45, 2.75) is 24.6 Å². The molecule has 2 fully saturated rings. The van der Waals surface area contributed by atoms with Gasteiger partial charge in [-0.15, -0.1) is 0 Å². The fourth-order valence-electron chi connectivity index (χ4n) is 3.85. The lowest BCUT2D eigenvalue weighted by Crippen LogP contribution is -2.54. The molecule has 1 aromatic rings. The van der Waals surface area contributed by atoms with E-state index in [0.717, 1.165) is 0 Å². The van der Waals surface area contributed by atoms with Gasteiger partial charge in [-0.05, 0) is 13.3 Å². The summed E-state index contributed by atoms with van der Waals surface area (Å²) in [4.78, 5) is 54.2. The van der Waals surface area contributed by atoms with Crippen LogP contribution in [0.5, 0.6) is 0 Å². The summed E-state index contributed by atoms with van der Waals surface area (Å²) in [5.74, 6) is -0.994. The molecule has 2 aliphatic heterocycles. The molecule has 2 aliphatic rings. The van der Waals surface area contributed by atoms with E-state index in [2.05, 4.69) is 6.58 Å². The van der Waals surface area contributed by atoms with Gasteiger partial charge in [-0.25, -0.2) is 4.79 Å². The van der Waals surface area contributed by atoms with Crippen molar-refractivity contribution in [2.75, 3.05) is 39.3 Å². The fourth-order valence-corrected chi connectivity index (χ4v) is 4.95. The Morgan fingerprint density at radius 3 is 2.55 bits per heavy atom. The van der Waals surface area contributed by atoms with E-state index in [4.69, 9.17) is 4.74 Å². The number of carbonyl (C=O) groups excluding carboxylic acids is 4. The lowest BCUT2D eigenvalue weighted by Gasteiger charge is -2.32. The summed E-state index contributed by atoms with van der Waals surface area (Å²) >= 11 is 1.22. The van der Waals surface area contributed by atoms with Gasteiger partial charge in [-0.1, -0.05) is 66.9 Å². The van der Waals surface area contributed by atoms with Gasteiger partial charge in [-0.3, -0.25) is 14.4 Å². The molecule has 0 aromatic heterocycles. The second-order valence-corrected chi connectivity index (χ2v) is 9.05. The number of rotatable bonds is 8. The number of likely N-dealkylation sites (N-methyl/N-ethyl adjacent to an activating group) is 1. The van der Waals surface area contributed by atoms with Crippen LogP contribution in [0.15, 0.2) is 55.1 Å². The van der Waals surface area contributed by atoms with E-state index in [-0.39, 0.29) is 29.6 Å². The molecule has 2 saturated heterocycles. The van der Waals surface area contributed by atoms with E-state index in [1.807, 2.05) is 31.2 Å². The Labute approximate surface area is 198 Å². The molecule has 0 saturated carbocycles. The van der Waals surface area contributed by atoms with Crippen molar-refractivity contribution >= 4 is 34.8 Å².